The van der Waals surface area contributed by atoms with Gasteiger partial charge in [-0.25, -0.2) is 9.59 Å². The Labute approximate surface area is 133 Å². The summed E-state index contributed by atoms with van der Waals surface area (Å²) >= 11 is 0. The molecule has 1 aromatic rings. The van der Waals surface area contributed by atoms with Crippen LogP contribution in [0.1, 0.15) is 25.7 Å². The van der Waals surface area contributed by atoms with Gasteiger partial charge in [-0.2, -0.15) is 0 Å². The summed E-state index contributed by atoms with van der Waals surface area (Å²) in [4.78, 5) is 23.8. The Hall–Kier alpha value is -2.38. The number of para-hydroxylation sites is 1. The van der Waals surface area contributed by atoms with Crippen LogP contribution in [0.5, 0.6) is 0 Å². The fourth-order valence-electron chi connectivity index (χ4n) is 2.30. The molecule has 0 saturated carbocycles. The van der Waals surface area contributed by atoms with Gasteiger partial charge >= 0.3 is 11.9 Å². The minimum absolute atomic E-state index is 0.201. The third-order valence-electron chi connectivity index (χ3n) is 3.33. The molecule has 0 bridgehead atoms. The van der Waals surface area contributed by atoms with E-state index >= 15 is 0 Å². The first-order valence-corrected chi connectivity index (χ1v) is 7.22. The molecule has 1 aromatic carbocycles. The number of ether oxygens (including phenoxy) is 4. The van der Waals surface area contributed by atoms with Gasteiger partial charge < -0.3 is 24.3 Å². The fourth-order valence-corrected chi connectivity index (χ4v) is 2.30. The van der Waals surface area contributed by atoms with Crippen LogP contribution in [0.25, 0.3) is 0 Å². The van der Waals surface area contributed by atoms with Gasteiger partial charge in [-0.1, -0.05) is 18.2 Å². The monoisotopic (exact) mass is 319 g/mol. The molecule has 2 heterocycles. The van der Waals surface area contributed by atoms with Crippen molar-refractivity contribution in [1.29, 1.82) is 0 Å². The molecule has 2 saturated heterocycles. The van der Waals surface area contributed by atoms with E-state index in [-0.39, 0.29) is 5.57 Å². The van der Waals surface area contributed by atoms with Gasteiger partial charge in [0.15, 0.2) is 11.9 Å². The quantitative estimate of drug-likeness (QED) is 0.517. The van der Waals surface area contributed by atoms with Gasteiger partial charge in [-0.3, -0.25) is 0 Å². The van der Waals surface area contributed by atoms with E-state index in [0.717, 1.165) is 5.56 Å². The molecule has 1 N–H and O–H groups in total. The van der Waals surface area contributed by atoms with Crippen molar-refractivity contribution in [2.45, 2.75) is 25.9 Å². The largest absolute Gasteiger partial charge is 0.419 e. The van der Waals surface area contributed by atoms with Gasteiger partial charge in [-0.05, 0) is 6.07 Å². The zero-order valence-corrected chi connectivity index (χ0v) is 12.8. The molecule has 0 unspecified atom stereocenters. The molecule has 7 heteroatoms. The highest BCUT2D eigenvalue weighted by Gasteiger charge is 2.39. The molecule has 2 aliphatic heterocycles. The molecule has 0 aromatic heterocycles. The molecule has 2 aliphatic rings. The number of rotatable bonds is 3. The molecule has 0 aliphatic carbocycles. The Morgan fingerprint density at radius 3 is 2.35 bits per heavy atom. The average Bonchev–Trinajstić information content (AvgIpc) is 2.99. The number of anilines is 1. The first-order chi connectivity index (χ1) is 11.0. The van der Waals surface area contributed by atoms with Crippen molar-refractivity contribution in [2.24, 2.45) is 0 Å². The van der Waals surface area contributed by atoms with Crippen molar-refractivity contribution in [3.8, 4) is 0 Å². The molecule has 0 atom stereocenters. The number of hydrogen-bond donors (Lipinski definition) is 1. The van der Waals surface area contributed by atoms with E-state index in [4.69, 9.17) is 18.9 Å². The van der Waals surface area contributed by atoms with Crippen molar-refractivity contribution in [1.82, 2.24) is 0 Å². The molecular formula is C16H17NO6. The van der Waals surface area contributed by atoms with Crippen LogP contribution < -0.4 is 5.32 Å². The summed E-state index contributed by atoms with van der Waals surface area (Å²) in [5, 5.41) is 2.92. The van der Waals surface area contributed by atoms with Crippen molar-refractivity contribution < 1.29 is 28.5 Å². The Kier molecular flexibility index (Phi) is 4.06. The highest BCUT2D eigenvalue weighted by atomic mass is 16.7. The van der Waals surface area contributed by atoms with Crippen molar-refractivity contribution in [2.75, 3.05) is 18.5 Å². The smallest absolute Gasteiger partial charge is 0.350 e. The lowest BCUT2D eigenvalue weighted by molar-refractivity contribution is -0.222. The van der Waals surface area contributed by atoms with E-state index in [2.05, 4.69) is 5.32 Å². The van der Waals surface area contributed by atoms with Crippen LogP contribution in [0.15, 0.2) is 36.0 Å². The highest BCUT2D eigenvalue weighted by molar-refractivity contribution is 6.15. The molecule has 2 fully saturated rings. The van der Waals surface area contributed by atoms with Crippen LogP contribution in [-0.4, -0.2) is 30.9 Å². The zero-order chi connectivity index (χ0) is 16.4. The maximum atomic E-state index is 11.9. The molecule has 0 radical (unpaired) electrons. The summed E-state index contributed by atoms with van der Waals surface area (Å²) in [5.41, 5.74) is 1.24. The lowest BCUT2D eigenvalue weighted by atomic mass is 10.1. The Morgan fingerprint density at radius 1 is 1.09 bits per heavy atom. The number of hydrogen-bond acceptors (Lipinski definition) is 7. The van der Waals surface area contributed by atoms with Crippen LogP contribution in [0, 0.1) is 0 Å². The molecule has 3 rings (SSSR count). The Morgan fingerprint density at radius 2 is 1.70 bits per heavy atom. The van der Waals surface area contributed by atoms with Crippen LogP contribution in [0.2, 0.25) is 0 Å². The zero-order valence-electron chi connectivity index (χ0n) is 12.8. The molecule has 0 spiro atoms. The third-order valence-corrected chi connectivity index (χ3v) is 3.33. The first-order valence-electron chi connectivity index (χ1n) is 7.22. The van der Waals surface area contributed by atoms with Gasteiger partial charge in [0.2, 0.25) is 0 Å². The summed E-state index contributed by atoms with van der Waals surface area (Å²) < 4.78 is 21.0. The lowest BCUT2D eigenvalue weighted by Gasteiger charge is -2.29. The minimum atomic E-state index is -1.26. The summed E-state index contributed by atoms with van der Waals surface area (Å²) in [6.07, 6.45) is 0.800. The number of carbonyl (C=O) groups excluding carboxylic acids is 2. The Balaban J connectivity index is 1.80. The van der Waals surface area contributed by atoms with Gasteiger partial charge in [0.05, 0.1) is 13.2 Å². The lowest BCUT2D eigenvalue weighted by Crippen LogP contribution is -2.42. The molecule has 23 heavy (non-hydrogen) atoms. The van der Waals surface area contributed by atoms with E-state index < -0.39 is 24.0 Å². The van der Waals surface area contributed by atoms with Crippen molar-refractivity contribution in [3.63, 3.8) is 0 Å². The maximum absolute atomic E-state index is 11.9. The predicted molar refractivity (Wildman–Crippen MR) is 79.1 cm³/mol. The summed E-state index contributed by atoms with van der Waals surface area (Å²) in [6.45, 7) is 4.04. The standard InChI is InChI=1S/C16H17NO6/c1-16(2)22-13(18)11(14(19)23-16)9-17-12-6-4-3-5-10(12)15-20-7-8-21-15/h3-6,9,15,17H,7-8H2,1-2H3. The van der Waals surface area contributed by atoms with E-state index in [0.29, 0.717) is 18.9 Å². The van der Waals surface area contributed by atoms with Gasteiger partial charge in [0.1, 0.15) is 0 Å². The number of esters is 2. The average molecular weight is 319 g/mol. The molecule has 7 nitrogen and oxygen atoms in total. The number of carbonyl (C=O) groups is 2. The van der Waals surface area contributed by atoms with E-state index in [9.17, 15) is 9.59 Å². The number of benzene rings is 1. The van der Waals surface area contributed by atoms with E-state index in [1.165, 1.54) is 20.0 Å². The molecular weight excluding hydrogens is 302 g/mol. The first kappa shape index (κ1) is 15.5. The topological polar surface area (TPSA) is 83.1 Å². The highest BCUT2D eigenvalue weighted by Crippen LogP contribution is 2.30. The Bertz CT molecular complexity index is 638. The van der Waals surface area contributed by atoms with Crippen molar-refractivity contribution in [3.05, 3.63) is 41.6 Å². The van der Waals surface area contributed by atoms with Gasteiger partial charge in [-0.15, -0.1) is 0 Å². The van der Waals surface area contributed by atoms with Crippen molar-refractivity contribution >= 4 is 17.6 Å². The van der Waals surface area contributed by atoms with Crippen LogP contribution >= 0.6 is 0 Å². The summed E-state index contributed by atoms with van der Waals surface area (Å²) in [7, 11) is 0. The summed E-state index contributed by atoms with van der Waals surface area (Å²) in [5.74, 6) is -2.72. The van der Waals surface area contributed by atoms with E-state index in [1.807, 2.05) is 18.2 Å². The van der Waals surface area contributed by atoms with Crippen LogP contribution in [0.4, 0.5) is 5.69 Å². The van der Waals surface area contributed by atoms with Crippen LogP contribution in [0.3, 0.4) is 0 Å². The predicted octanol–water partition coefficient (Wildman–Crippen LogP) is 1.86. The van der Waals surface area contributed by atoms with Crippen LogP contribution in [-0.2, 0) is 28.5 Å². The molecule has 122 valence electrons. The number of cyclic esters (lactones) is 2. The van der Waals surface area contributed by atoms with E-state index in [1.54, 1.807) is 6.07 Å². The maximum Gasteiger partial charge on any atom is 0.350 e. The second-order valence-corrected chi connectivity index (χ2v) is 5.54. The normalized spacial score (nSPS) is 20.9. The van der Waals surface area contributed by atoms with Gasteiger partial charge in [0, 0.05) is 31.3 Å². The second-order valence-electron chi connectivity index (χ2n) is 5.54. The van der Waals surface area contributed by atoms with Gasteiger partial charge in [0.25, 0.3) is 5.79 Å². The second kappa shape index (κ2) is 6.02. The fraction of sp³-hybridized carbons (Fsp3) is 0.375. The minimum Gasteiger partial charge on any atom is -0.419 e. The molecule has 0 amide bonds. The third kappa shape index (κ3) is 3.35. The summed E-state index contributed by atoms with van der Waals surface area (Å²) in [6, 6.07) is 7.31. The SMILES string of the molecule is CC1(C)OC(=O)C(=CNc2ccccc2C2OCCO2)C(=O)O1. The number of nitrogens with one attached hydrogen (secondary N) is 1.